The standard InChI is InChI=1S/C30H32FNO4/c1-19(32-13-12-21(16-31)17-32)18-35-26-9-6-22(7-10-26)30-29(23-4-3-5-24(33)14-23)20(2)27-15-25(34)8-11-28(27)36-30/h3-11,14-15,19,21,30,33-34H,12-13,16-18H2,1-2H3. The first-order chi connectivity index (χ1) is 17.4. The van der Waals surface area contributed by atoms with Crippen LogP contribution in [0, 0.1) is 5.92 Å². The molecule has 188 valence electrons. The average molecular weight is 490 g/mol. The fourth-order valence-corrected chi connectivity index (χ4v) is 5.17. The van der Waals surface area contributed by atoms with Crippen LogP contribution in [0.4, 0.5) is 4.39 Å². The van der Waals surface area contributed by atoms with E-state index in [9.17, 15) is 14.6 Å². The summed E-state index contributed by atoms with van der Waals surface area (Å²) < 4.78 is 25.5. The first-order valence-corrected chi connectivity index (χ1v) is 12.5. The molecular formula is C30H32FNO4. The predicted molar refractivity (Wildman–Crippen MR) is 139 cm³/mol. The summed E-state index contributed by atoms with van der Waals surface area (Å²) in [6, 6.07) is 20.4. The summed E-state index contributed by atoms with van der Waals surface area (Å²) in [7, 11) is 0. The number of halogens is 1. The van der Waals surface area contributed by atoms with Crippen molar-refractivity contribution in [1.82, 2.24) is 4.90 Å². The minimum Gasteiger partial charge on any atom is -0.508 e. The van der Waals surface area contributed by atoms with Gasteiger partial charge in [0.25, 0.3) is 0 Å². The smallest absolute Gasteiger partial charge is 0.150 e. The zero-order valence-corrected chi connectivity index (χ0v) is 20.7. The van der Waals surface area contributed by atoms with Crippen molar-refractivity contribution in [3.05, 3.63) is 83.4 Å². The van der Waals surface area contributed by atoms with E-state index in [1.54, 1.807) is 30.3 Å². The Morgan fingerprint density at radius 1 is 1.06 bits per heavy atom. The molecule has 6 heteroatoms. The summed E-state index contributed by atoms with van der Waals surface area (Å²) in [6.45, 7) is 6.14. The van der Waals surface area contributed by atoms with Crippen LogP contribution >= 0.6 is 0 Å². The van der Waals surface area contributed by atoms with Gasteiger partial charge in [-0.15, -0.1) is 0 Å². The molecule has 0 radical (unpaired) electrons. The van der Waals surface area contributed by atoms with Crippen LogP contribution in [-0.4, -0.2) is 47.5 Å². The maximum atomic E-state index is 13.0. The molecule has 2 aliphatic heterocycles. The Labute approximate surface area is 211 Å². The molecule has 3 atom stereocenters. The summed E-state index contributed by atoms with van der Waals surface area (Å²) in [5.74, 6) is 1.98. The number of hydrogen-bond donors (Lipinski definition) is 2. The second-order valence-corrected chi connectivity index (χ2v) is 9.80. The fourth-order valence-electron chi connectivity index (χ4n) is 5.17. The van der Waals surface area contributed by atoms with Gasteiger partial charge >= 0.3 is 0 Å². The van der Waals surface area contributed by atoms with Gasteiger partial charge in [-0.1, -0.05) is 24.3 Å². The third kappa shape index (κ3) is 4.91. The van der Waals surface area contributed by atoms with E-state index in [0.29, 0.717) is 12.4 Å². The predicted octanol–water partition coefficient (Wildman–Crippen LogP) is 6.22. The Kier molecular flexibility index (Phi) is 6.88. The molecule has 5 rings (SSSR count). The van der Waals surface area contributed by atoms with Crippen LogP contribution in [-0.2, 0) is 0 Å². The van der Waals surface area contributed by atoms with Gasteiger partial charge < -0.3 is 19.7 Å². The van der Waals surface area contributed by atoms with Crippen LogP contribution in [0.2, 0.25) is 0 Å². The number of allylic oxidation sites excluding steroid dienone is 1. The highest BCUT2D eigenvalue weighted by Gasteiger charge is 2.30. The summed E-state index contributed by atoms with van der Waals surface area (Å²) in [6.07, 6.45) is 0.521. The Balaban J connectivity index is 1.38. The zero-order valence-electron chi connectivity index (χ0n) is 20.7. The van der Waals surface area contributed by atoms with Crippen molar-refractivity contribution in [2.45, 2.75) is 32.4 Å². The van der Waals surface area contributed by atoms with Crippen molar-refractivity contribution in [2.24, 2.45) is 5.92 Å². The molecular weight excluding hydrogens is 457 g/mol. The van der Waals surface area contributed by atoms with Crippen molar-refractivity contribution in [2.75, 3.05) is 26.4 Å². The molecule has 36 heavy (non-hydrogen) atoms. The first kappa shape index (κ1) is 24.2. The molecule has 0 amide bonds. The van der Waals surface area contributed by atoms with Gasteiger partial charge in [-0.25, -0.2) is 0 Å². The van der Waals surface area contributed by atoms with Gasteiger partial charge in [-0.05, 0) is 86.0 Å². The maximum absolute atomic E-state index is 13.0. The molecule has 0 aromatic heterocycles. The number of rotatable bonds is 7. The number of ether oxygens (including phenoxy) is 2. The molecule has 0 aliphatic carbocycles. The maximum Gasteiger partial charge on any atom is 0.150 e. The number of aromatic hydroxyl groups is 2. The van der Waals surface area contributed by atoms with Gasteiger partial charge in [0.05, 0.1) is 6.67 Å². The molecule has 2 aliphatic rings. The zero-order chi connectivity index (χ0) is 25.2. The van der Waals surface area contributed by atoms with Gasteiger partial charge in [-0.2, -0.15) is 0 Å². The molecule has 0 saturated carbocycles. The molecule has 3 aromatic rings. The minimum atomic E-state index is -0.390. The minimum absolute atomic E-state index is 0.147. The van der Waals surface area contributed by atoms with Crippen molar-refractivity contribution in [3.8, 4) is 23.0 Å². The number of benzene rings is 3. The number of fused-ring (bicyclic) bond motifs is 1. The first-order valence-electron chi connectivity index (χ1n) is 12.5. The van der Waals surface area contributed by atoms with Gasteiger partial charge in [0, 0.05) is 29.6 Å². The van der Waals surface area contributed by atoms with E-state index < -0.39 is 0 Å². The third-order valence-corrected chi connectivity index (χ3v) is 7.27. The molecule has 5 nitrogen and oxygen atoms in total. The lowest BCUT2D eigenvalue weighted by Gasteiger charge is -2.31. The highest BCUT2D eigenvalue weighted by atomic mass is 19.1. The summed E-state index contributed by atoms with van der Waals surface area (Å²) in [5, 5.41) is 20.2. The number of nitrogens with zero attached hydrogens (tertiary/aromatic N) is 1. The van der Waals surface area contributed by atoms with Crippen molar-refractivity contribution in [1.29, 1.82) is 0 Å². The molecule has 2 N–H and O–H groups in total. The van der Waals surface area contributed by atoms with Gasteiger partial charge in [0.15, 0.2) is 0 Å². The molecule has 1 saturated heterocycles. The molecule has 3 unspecified atom stereocenters. The largest absolute Gasteiger partial charge is 0.508 e. The number of hydrogen-bond acceptors (Lipinski definition) is 5. The second-order valence-electron chi connectivity index (χ2n) is 9.80. The van der Waals surface area contributed by atoms with E-state index >= 15 is 0 Å². The van der Waals surface area contributed by atoms with Crippen LogP contribution in [0.1, 0.15) is 43.1 Å². The lowest BCUT2D eigenvalue weighted by Crippen LogP contribution is -2.35. The number of phenolic OH excluding ortho intramolecular Hbond substituents is 2. The topological polar surface area (TPSA) is 62.2 Å². The van der Waals surface area contributed by atoms with Crippen molar-refractivity contribution in [3.63, 3.8) is 0 Å². The molecule has 1 fully saturated rings. The Bertz CT molecular complexity index is 1260. The van der Waals surface area contributed by atoms with E-state index in [1.807, 2.05) is 43.3 Å². The number of alkyl halides is 1. The van der Waals surface area contributed by atoms with Crippen LogP contribution in [0.5, 0.6) is 23.0 Å². The van der Waals surface area contributed by atoms with Crippen molar-refractivity contribution >= 4 is 11.1 Å². The van der Waals surface area contributed by atoms with Crippen LogP contribution < -0.4 is 9.47 Å². The average Bonchev–Trinajstić information content (AvgIpc) is 3.37. The molecule has 0 bridgehead atoms. The lowest BCUT2D eigenvalue weighted by atomic mass is 9.86. The lowest BCUT2D eigenvalue weighted by molar-refractivity contribution is 0.165. The summed E-state index contributed by atoms with van der Waals surface area (Å²) in [5.41, 5.74) is 4.56. The summed E-state index contributed by atoms with van der Waals surface area (Å²) in [4.78, 5) is 2.29. The van der Waals surface area contributed by atoms with Gasteiger partial charge in [0.1, 0.15) is 35.7 Å². The van der Waals surface area contributed by atoms with E-state index in [-0.39, 0.29) is 36.2 Å². The SMILES string of the molecule is CC1=C(c2cccc(O)c2)C(c2ccc(OCC(C)N3CCC(CF)C3)cc2)Oc2ccc(O)cc21. The fraction of sp³-hybridized carbons (Fsp3) is 0.333. The third-order valence-electron chi connectivity index (χ3n) is 7.27. The molecule has 0 spiro atoms. The monoisotopic (exact) mass is 489 g/mol. The normalized spacial score (nSPS) is 20.6. The van der Waals surface area contributed by atoms with Gasteiger partial charge in [0.2, 0.25) is 0 Å². The van der Waals surface area contributed by atoms with E-state index in [2.05, 4.69) is 11.8 Å². The van der Waals surface area contributed by atoms with E-state index in [0.717, 1.165) is 53.1 Å². The quantitative estimate of drug-likeness (QED) is 0.413. The molecule has 3 aromatic carbocycles. The summed E-state index contributed by atoms with van der Waals surface area (Å²) >= 11 is 0. The Morgan fingerprint density at radius 2 is 1.83 bits per heavy atom. The van der Waals surface area contributed by atoms with Crippen LogP contribution in [0.15, 0.2) is 66.7 Å². The highest BCUT2D eigenvalue weighted by molar-refractivity contribution is 5.95. The van der Waals surface area contributed by atoms with Crippen LogP contribution in [0.25, 0.3) is 11.1 Å². The second kappa shape index (κ2) is 10.2. The van der Waals surface area contributed by atoms with E-state index in [1.165, 1.54) is 0 Å². The Hall–Kier alpha value is -3.51. The molecule has 2 heterocycles. The Morgan fingerprint density at radius 3 is 2.56 bits per heavy atom. The van der Waals surface area contributed by atoms with Crippen LogP contribution in [0.3, 0.4) is 0 Å². The van der Waals surface area contributed by atoms with E-state index in [4.69, 9.17) is 9.47 Å². The number of phenols is 2. The number of likely N-dealkylation sites (tertiary alicyclic amines) is 1. The highest BCUT2D eigenvalue weighted by Crippen LogP contribution is 2.47. The van der Waals surface area contributed by atoms with Crippen molar-refractivity contribution < 1.29 is 24.1 Å². The van der Waals surface area contributed by atoms with Gasteiger partial charge in [-0.3, -0.25) is 9.29 Å².